The van der Waals surface area contributed by atoms with E-state index >= 15 is 0 Å². The summed E-state index contributed by atoms with van der Waals surface area (Å²) in [7, 11) is 0. The number of carbonyl (C=O) groups excluding carboxylic acids is 1. The second-order valence-electron chi connectivity index (χ2n) is 6.11. The molecule has 0 saturated heterocycles. The predicted octanol–water partition coefficient (Wildman–Crippen LogP) is 3.37. The molecule has 0 aromatic heterocycles. The number of fused-ring (bicyclic) bond motifs is 1. The first-order valence-electron chi connectivity index (χ1n) is 7.67. The second kappa shape index (κ2) is 5.86. The van der Waals surface area contributed by atoms with Crippen molar-refractivity contribution in [1.82, 2.24) is 14.9 Å². The highest BCUT2D eigenvalue weighted by Gasteiger charge is 2.35. The van der Waals surface area contributed by atoms with Crippen LogP contribution in [0.2, 0.25) is 0 Å². The number of halogens is 3. The molecule has 0 aromatic rings. The average molecular weight is 325 g/mol. The summed E-state index contributed by atoms with van der Waals surface area (Å²) >= 11 is 0. The number of hydrogen-bond acceptors (Lipinski definition) is 2. The van der Waals surface area contributed by atoms with Crippen LogP contribution in [0.15, 0.2) is 18.3 Å². The van der Waals surface area contributed by atoms with Crippen molar-refractivity contribution in [2.24, 2.45) is 0 Å². The molecule has 7 heteroatoms. The Morgan fingerprint density at radius 3 is 2.70 bits per heavy atom. The van der Waals surface area contributed by atoms with Crippen molar-refractivity contribution in [3.05, 3.63) is 29.6 Å². The van der Waals surface area contributed by atoms with Crippen molar-refractivity contribution < 1.29 is 18.0 Å². The number of hydrogen-bond donors (Lipinski definition) is 1. The Kier molecular flexibility index (Phi) is 4.04. The Labute approximate surface area is 132 Å². The summed E-state index contributed by atoms with van der Waals surface area (Å²) in [6.07, 6.45) is 1.30. The third kappa shape index (κ3) is 3.48. The number of rotatable bonds is 3. The SMILES string of the molecule is Cc1cc2cc(C(F)(F)F)nc-2n(CC(=O)NC2CCCC2)c1. The number of pyridine rings is 1. The van der Waals surface area contributed by atoms with Gasteiger partial charge in [0.2, 0.25) is 5.91 Å². The summed E-state index contributed by atoms with van der Waals surface area (Å²) in [6.45, 7) is 1.76. The quantitative estimate of drug-likeness (QED) is 0.940. The van der Waals surface area contributed by atoms with E-state index in [1.54, 1.807) is 19.2 Å². The van der Waals surface area contributed by atoms with Gasteiger partial charge in [0.05, 0.1) is 0 Å². The molecule has 1 saturated carbocycles. The lowest BCUT2D eigenvalue weighted by Crippen LogP contribution is -2.35. The Balaban J connectivity index is 1.84. The van der Waals surface area contributed by atoms with E-state index in [1.807, 2.05) is 0 Å². The number of amides is 1. The number of aromatic nitrogens is 2. The molecule has 2 aliphatic heterocycles. The second-order valence-corrected chi connectivity index (χ2v) is 6.11. The molecule has 0 unspecified atom stereocenters. The van der Waals surface area contributed by atoms with Crippen LogP contribution in [0.1, 0.15) is 36.9 Å². The molecule has 3 rings (SSSR count). The van der Waals surface area contributed by atoms with Crippen LogP contribution in [0.4, 0.5) is 13.2 Å². The van der Waals surface area contributed by atoms with Crippen molar-refractivity contribution >= 4 is 5.91 Å². The monoisotopic (exact) mass is 325 g/mol. The lowest BCUT2D eigenvalue weighted by atomic mass is 10.2. The molecule has 1 N–H and O–H groups in total. The Hall–Kier alpha value is -2.05. The Bertz CT molecular complexity index is 687. The zero-order valence-electron chi connectivity index (χ0n) is 12.8. The fourth-order valence-corrected chi connectivity index (χ4v) is 3.11. The average Bonchev–Trinajstić information content (AvgIpc) is 3.06. The van der Waals surface area contributed by atoms with E-state index in [9.17, 15) is 18.0 Å². The first-order chi connectivity index (χ1) is 10.8. The topological polar surface area (TPSA) is 46.9 Å². The van der Waals surface area contributed by atoms with Crippen molar-refractivity contribution in [1.29, 1.82) is 0 Å². The van der Waals surface area contributed by atoms with Crippen LogP contribution in [0.3, 0.4) is 0 Å². The molecular formula is C16H18F3N3O. The molecule has 0 atom stereocenters. The van der Waals surface area contributed by atoms with Crippen molar-refractivity contribution in [2.45, 2.75) is 51.4 Å². The van der Waals surface area contributed by atoms with Gasteiger partial charge < -0.3 is 9.88 Å². The van der Waals surface area contributed by atoms with E-state index in [2.05, 4.69) is 10.3 Å². The maximum atomic E-state index is 12.8. The number of nitrogens with one attached hydrogen (secondary N) is 1. The van der Waals surface area contributed by atoms with E-state index < -0.39 is 11.9 Å². The van der Waals surface area contributed by atoms with Crippen molar-refractivity contribution in [2.75, 3.05) is 0 Å². The summed E-state index contributed by atoms with van der Waals surface area (Å²) in [5, 5.41) is 2.94. The predicted molar refractivity (Wildman–Crippen MR) is 79.0 cm³/mol. The molecule has 23 heavy (non-hydrogen) atoms. The molecule has 0 bridgehead atoms. The molecule has 1 amide bonds. The molecule has 0 aromatic carbocycles. The minimum absolute atomic E-state index is 0.0248. The lowest BCUT2D eigenvalue weighted by molar-refractivity contribution is -0.140. The molecule has 1 aliphatic carbocycles. The first-order valence-corrected chi connectivity index (χ1v) is 7.67. The zero-order chi connectivity index (χ0) is 16.6. The minimum atomic E-state index is -4.49. The van der Waals surface area contributed by atoms with E-state index in [0.29, 0.717) is 5.56 Å². The van der Waals surface area contributed by atoms with E-state index in [0.717, 1.165) is 37.3 Å². The molecule has 0 radical (unpaired) electrons. The van der Waals surface area contributed by atoms with Crippen molar-refractivity contribution in [3.63, 3.8) is 0 Å². The summed E-state index contributed by atoms with van der Waals surface area (Å²) in [5.41, 5.74) is 0.251. The third-order valence-corrected chi connectivity index (χ3v) is 4.12. The zero-order valence-corrected chi connectivity index (χ0v) is 12.8. The summed E-state index contributed by atoms with van der Waals surface area (Å²) in [4.78, 5) is 15.8. The molecule has 124 valence electrons. The number of carbonyl (C=O) groups is 1. The molecule has 2 heterocycles. The van der Waals surface area contributed by atoms with Gasteiger partial charge in [-0.05, 0) is 37.5 Å². The third-order valence-electron chi connectivity index (χ3n) is 4.12. The Morgan fingerprint density at radius 2 is 2.04 bits per heavy atom. The highest BCUT2D eigenvalue weighted by atomic mass is 19.4. The minimum Gasteiger partial charge on any atom is -0.352 e. The van der Waals surface area contributed by atoms with Crippen LogP contribution in [0, 0.1) is 6.92 Å². The number of alkyl halides is 3. The van der Waals surface area contributed by atoms with Crippen LogP contribution in [0.25, 0.3) is 11.4 Å². The Morgan fingerprint density at radius 1 is 1.35 bits per heavy atom. The van der Waals surface area contributed by atoms with Gasteiger partial charge in [-0.25, -0.2) is 4.98 Å². The van der Waals surface area contributed by atoms with Gasteiger partial charge in [0.25, 0.3) is 0 Å². The maximum Gasteiger partial charge on any atom is 0.433 e. The van der Waals surface area contributed by atoms with Crippen LogP contribution < -0.4 is 5.32 Å². The summed E-state index contributed by atoms with van der Waals surface area (Å²) in [6, 6.07) is 2.85. The highest BCUT2D eigenvalue weighted by Crippen LogP contribution is 2.34. The molecule has 0 spiro atoms. The normalized spacial score (nSPS) is 16.2. The van der Waals surface area contributed by atoms with Crippen LogP contribution in [-0.4, -0.2) is 21.5 Å². The van der Waals surface area contributed by atoms with Gasteiger partial charge in [-0.3, -0.25) is 4.79 Å². The van der Waals surface area contributed by atoms with E-state index in [4.69, 9.17) is 0 Å². The van der Waals surface area contributed by atoms with Crippen molar-refractivity contribution in [3.8, 4) is 11.4 Å². The molecule has 4 nitrogen and oxygen atoms in total. The largest absolute Gasteiger partial charge is 0.433 e. The smallest absolute Gasteiger partial charge is 0.352 e. The van der Waals surface area contributed by atoms with Gasteiger partial charge in [0, 0.05) is 17.8 Å². The standard InChI is InChI=1S/C16H18F3N3O/c1-10-6-11-7-13(16(17,18)19)21-15(11)22(8-10)9-14(23)20-12-4-2-3-5-12/h6-8,12H,2-5,9H2,1H3,(H,20,23). The van der Waals surface area contributed by atoms with E-state index in [-0.39, 0.29) is 24.3 Å². The summed E-state index contributed by atoms with van der Waals surface area (Å²) in [5.74, 6) is -0.00476. The number of nitrogens with zero attached hydrogens (tertiary/aromatic N) is 2. The summed E-state index contributed by atoms with van der Waals surface area (Å²) < 4.78 is 40.0. The maximum absolute atomic E-state index is 12.8. The van der Waals surface area contributed by atoms with Gasteiger partial charge in [0.15, 0.2) is 0 Å². The van der Waals surface area contributed by atoms with Crippen LogP contribution >= 0.6 is 0 Å². The van der Waals surface area contributed by atoms with Crippen LogP contribution in [-0.2, 0) is 17.5 Å². The first kappa shape index (κ1) is 15.8. The van der Waals surface area contributed by atoms with Gasteiger partial charge in [0.1, 0.15) is 18.1 Å². The molecular weight excluding hydrogens is 307 g/mol. The fraction of sp³-hybridized carbons (Fsp3) is 0.500. The van der Waals surface area contributed by atoms with E-state index in [1.165, 1.54) is 4.57 Å². The molecule has 3 aliphatic rings. The lowest BCUT2D eigenvalue weighted by Gasteiger charge is -2.15. The molecule has 1 fully saturated rings. The van der Waals surface area contributed by atoms with Gasteiger partial charge in [-0.15, -0.1) is 0 Å². The van der Waals surface area contributed by atoms with Crippen LogP contribution in [0.5, 0.6) is 0 Å². The van der Waals surface area contributed by atoms with Gasteiger partial charge in [-0.2, -0.15) is 13.2 Å². The van der Waals surface area contributed by atoms with Gasteiger partial charge in [-0.1, -0.05) is 12.8 Å². The van der Waals surface area contributed by atoms with Gasteiger partial charge >= 0.3 is 6.18 Å². The number of aryl methyl sites for hydroxylation is 1. The fourth-order valence-electron chi connectivity index (χ4n) is 3.11. The highest BCUT2D eigenvalue weighted by molar-refractivity contribution is 5.77.